The van der Waals surface area contributed by atoms with Crippen molar-refractivity contribution in [2.45, 2.75) is 0 Å². The summed E-state index contributed by atoms with van der Waals surface area (Å²) in [6, 6.07) is 9.55. The van der Waals surface area contributed by atoms with Gasteiger partial charge >= 0.3 is 11.9 Å². The molecule has 0 N–H and O–H groups in total. The van der Waals surface area contributed by atoms with Crippen LogP contribution in [0.25, 0.3) is 6.08 Å². The molecule has 0 fully saturated rings. The Kier molecular flexibility index (Phi) is 7.83. The van der Waals surface area contributed by atoms with Gasteiger partial charge in [0.25, 0.3) is 0 Å². The molecular weight excluding hydrogens is 458 g/mol. The van der Waals surface area contributed by atoms with E-state index in [0.717, 1.165) is 0 Å². The molecule has 2 aromatic carbocycles. The van der Waals surface area contributed by atoms with Crippen LogP contribution in [0, 0.1) is 11.3 Å². The van der Waals surface area contributed by atoms with Crippen LogP contribution in [0.1, 0.15) is 15.9 Å². The predicted molar refractivity (Wildman–Crippen MR) is 111 cm³/mol. The maximum Gasteiger partial charge on any atom is 0.348 e. The Hall–Kier alpha value is -3.51. The normalized spacial score (nSPS) is 10.6. The Bertz CT molecular complexity index is 1040. The van der Waals surface area contributed by atoms with Gasteiger partial charge in [-0.2, -0.15) is 5.26 Å². The van der Waals surface area contributed by atoms with Crippen molar-refractivity contribution < 1.29 is 33.3 Å². The van der Waals surface area contributed by atoms with Crippen molar-refractivity contribution in [3.8, 4) is 29.1 Å². The molecule has 0 aliphatic carbocycles. The molecule has 0 aromatic heterocycles. The van der Waals surface area contributed by atoms with Crippen molar-refractivity contribution in [3.05, 3.63) is 51.5 Å². The second-order valence-electron chi connectivity index (χ2n) is 5.63. The minimum atomic E-state index is -0.763. The predicted octanol–water partition coefficient (Wildman–Crippen LogP) is 3.77. The lowest BCUT2D eigenvalue weighted by Gasteiger charge is -2.16. The maximum atomic E-state index is 12.8. The van der Waals surface area contributed by atoms with E-state index in [2.05, 4.69) is 20.7 Å². The number of halogens is 1. The highest BCUT2D eigenvalue weighted by molar-refractivity contribution is 9.10. The first-order valence-corrected chi connectivity index (χ1v) is 9.20. The summed E-state index contributed by atoms with van der Waals surface area (Å²) in [4.78, 5) is 24.3. The van der Waals surface area contributed by atoms with Gasteiger partial charge in [0.1, 0.15) is 17.4 Å². The van der Waals surface area contributed by atoms with Crippen LogP contribution in [0.4, 0.5) is 0 Å². The minimum Gasteiger partial charge on any atom is -0.493 e. The zero-order valence-corrected chi connectivity index (χ0v) is 18.2. The first-order valence-electron chi connectivity index (χ1n) is 8.40. The number of esters is 2. The van der Waals surface area contributed by atoms with Gasteiger partial charge in [-0.15, -0.1) is 0 Å². The van der Waals surface area contributed by atoms with E-state index >= 15 is 0 Å². The van der Waals surface area contributed by atoms with E-state index in [1.807, 2.05) is 0 Å². The Labute approximate surface area is 181 Å². The quantitative estimate of drug-likeness (QED) is 0.258. The third-order valence-electron chi connectivity index (χ3n) is 3.89. The Morgan fingerprint density at radius 3 is 2.30 bits per heavy atom. The van der Waals surface area contributed by atoms with Crippen molar-refractivity contribution >= 4 is 33.9 Å². The van der Waals surface area contributed by atoms with E-state index in [9.17, 15) is 9.59 Å². The van der Waals surface area contributed by atoms with Gasteiger partial charge in [-0.25, -0.2) is 9.59 Å². The molecule has 0 spiro atoms. The average Bonchev–Trinajstić information content (AvgIpc) is 2.76. The lowest BCUT2D eigenvalue weighted by atomic mass is 10.1. The molecule has 0 aliphatic rings. The fourth-order valence-electron chi connectivity index (χ4n) is 2.51. The second kappa shape index (κ2) is 10.3. The highest BCUT2D eigenvalue weighted by Gasteiger charge is 2.24. The van der Waals surface area contributed by atoms with E-state index in [1.54, 1.807) is 24.3 Å². The van der Waals surface area contributed by atoms with Gasteiger partial charge in [-0.05, 0) is 45.8 Å². The van der Waals surface area contributed by atoms with E-state index in [0.29, 0.717) is 15.8 Å². The van der Waals surface area contributed by atoms with Crippen molar-refractivity contribution in [1.29, 1.82) is 5.26 Å². The molecule has 2 aromatic rings. The summed E-state index contributed by atoms with van der Waals surface area (Å²) in [6.45, 7) is 0. The Morgan fingerprint density at radius 1 is 1.03 bits per heavy atom. The second-order valence-corrected chi connectivity index (χ2v) is 6.42. The number of hydrogen-bond donors (Lipinski definition) is 0. The van der Waals surface area contributed by atoms with Crippen molar-refractivity contribution in [2.24, 2.45) is 0 Å². The fraction of sp³-hybridized carbons (Fsp3) is 0.190. The number of nitriles is 1. The van der Waals surface area contributed by atoms with Crippen molar-refractivity contribution in [3.63, 3.8) is 0 Å². The van der Waals surface area contributed by atoms with E-state index in [1.165, 1.54) is 46.6 Å². The molecule has 0 amide bonds. The van der Waals surface area contributed by atoms with Gasteiger partial charge in [0.15, 0.2) is 11.5 Å². The highest BCUT2D eigenvalue weighted by Crippen LogP contribution is 2.44. The topological polar surface area (TPSA) is 104 Å². The molecule has 2 rings (SSSR count). The molecule has 0 saturated heterocycles. The standard InChI is InChI=1S/C21H18BrNO7/c1-26-16-10-15(17(22)19(28-3)18(16)27-2)21(25)30-14-7-5-6-12(9-14)8-13(11-23)20(24)29-4/h5-10H,1-4H3. The third-order valence-corrected chi connectivity index (χ3v) is 4.68. The van der Waals surface area contributed by atoms with Gasteiger partial charge < -0.3 is 23.7 Å². The summed E-state index contributed by atoms with van der Waals surface area (Å²) in [5, 5.41) is 9.08. The van der Waals surface area contributed by atoms with E-state index in [4.69, 9.17) is 24.2 Å². The largest absolute Gasteiger partial charge is 0.493 e. The lowest BCUT2D eigenvalue weighted by Crippen LogP contribution is -2.11. The van der Waals surface area contributed by atoms with Gasteiger partial charge in [0.05, 0.1) is 38.5 Å². The third kappa shape index (κ3) is 4.90. The summed E-state index contributed by atoms with van der Waals surface area (Å²) >= 11 is 3.33. The highest BCUT2D eigenvalue weighted by atomic mass is 79.9. The molecule has 30 heavy (non-hydrogen) atoms. The van der Waals surface area contributed by atoms with Crippen LogP contribution in [0.3, 0.4) is 0 Å². The van der Waals surface area contributed by atoms with Crippen LogP contribution in [0.15, 0.2) is 40.4 Å². The molecule has 0 heterocycles. The maximum absolute atomic E-state index is 12.8. The van der Waals surface area contributed by atoms with Crippen molar-refractivity contribution in [2.75, 3.05) is 28.4 Å². The first kappa shape index (κ1) is 22.8. The first-order chi connectivity index (χ1) is 14.4. The van der Waals surface area contributed by atoms with Crippen LogP contribution in [-0.2, 0) is 9.53 Å². The number of carbonyl (C=O) groups excluding carboxylic acids is 2. The number of ether oxygens (including phenoxy) is 5. The summed E-state index contributed by atoms with van der Waals surface area (Å²) in [5.41, 5.74) is 0.442. The molecule has 0 saturated carbocycles. The Balaban J connectivity index is 2.39. The molecule has 9 heteroatoms. The van der Waals surface area contributed by atoms with Gasteiger partial charge in [-0.3, -0.25) is 0 Å². The molecule has 0 unspecified atom stereocenters. The number of methoxy groups -OCH3 is 4. The number of carbonyl (C=O) groups is 2. The summed E-state index contributed by atoms with van der Waals surface area (Å²) in [7, 11) is 5.50. The number of hydrogen-bond acceptors (Lipinski definition) is 8. The van der Waals surface area contributed by atoms with E-state index < -0.39 is 11.9 Å². The van der Waals surface area contributed by atoms with Crippen LogP contribution >= 0.6 is 15.9 Å². The fourth-order valence-corrected chi connectivity index (χ4v) is 3.13. The molecule has 8 nitrogen and oxygen atoms in total. The smallest absolute Gasteiger partial charge is 0.348 e. The average molecular weight is 476 g/mol. The van der Waals surface area contributed by atoms with Crippen LogP contribution < -0.4 is 18.9 Å². The molecule has 0 aliphatic heterocycles. The van der Waals surface area contributed by atoms with Crippen LogP contribution in [0.5, 0.6) is 23.0 Å². The molecular formula is C21H18BrNO7. The van der Waals surface area contributed by atoms with Crippen LogP contribution in [-0.4, -0.2) is 40.4 Å². The van der Waals surface area contributed by atoms with E-state index in [-0.39, 0.29) is 28.4 Å². The zero-order chi connectivity index (χ0) is 22.3. The molecule has 156 valence electrons. The van der Waals surface area contributed by atoms with Gasteiger partial charge in [0, 0.05) is 0 Å². The Morgan fingerprint density at radius 2 is 1.73 bits per heavy atom. The number of rotatable bonds is 7. The zero-order valence-electron chi connectivity index (χ0n) is 16.6. The molecule has 0 atom stereocenters. The lowest BCUT2D eigenvalue weighted by molar-refractivity contribution is -0.135. The summed E-state index contributed by atoms with van der Waals surface area (Å²) in [6.07, 6.45) is 1.33. The number of benzene rings is 2. The number of nitrogens with zero attached hydrogens (tertiary/aromatic N) is 1. The van der Waals surface area contributed by atoms with Gasteiger partial charge in [0.2, 0.25) is 5.75 Å². The summed E-state index contributed by atoms with van der Waals surface area (Å²) < 4.78 is 26.2. The van der Waals surface area contributed by atoms with Gasteiger partial charge in [-0.1, -0.05) is 12.1 Å². The summed E-state index contributed by atoms with van der Waals surface area (Å²) in [5.74, 6) is -0.355. The van der Waals surface area contributed by atoms with Crippen molar-refractivity contribution in [1.82, 2.24) is 0 Å². The van der Waals surface area contributed by atoms with Crippen LogP contribution in [0.2, 0.25) is 0 Å². The molecule has 0 bridgehead atoms. The molecule has 0 radical (unpaired) electrons. The minimum absolute atomic E-state index is 0.151. The SMILES string of the molecule is COC(=O)C(C#N)=Cc1cccc(OC(=O)c2cc(OC)c(OC)c(OC)c2Br)c1. The monoisotopic (exact) mass is 475 g/mol.